The molecule has 0 saturated carbocycles. The van der Waals surface area contributed by atoms with Crippen molar-refractivity contribution in [2.45, 2.75) is 22.8 Å². The maximum Gasteiger partial charge on any atom is 0.236 e. The lowest BCUT2D eigenvalue weighted by molar-refractivity contribution is -0.120. The molecule has 1 saturated heterocycles. The summed E-state index contributed by atoms with van der Waals surface area (Å²) < 4.78 is 23.4. The van der Waals surface area contributed by atoms with E-state index in [9.17, 15) is 18.0 Å². The second-order valence-corrected chi connectivity index (χ2v) is 7.57. The lowest BCUT2D eigenvalue weighted by Gasteiger charge is -2.20. The molecule has 21 heavy (non-hydrogen) atoms. The monoisotopic (exact) mass is 309 g/mol. The second kappa shape index (κ2) is 4.28. The topological polar surface area (TPSA) is 118 Å². The number of carbonyl (C=O) groups excluding carboxylic acids is 2. The number of amides is 2. The van der Waals surface area contributed by atoms with Gasteiger partial charge in [0.25, 0.3) is 0 Å². The standard InChI is InChI=1S/C13H15N3O4S/c1-21(19,20)7-2-3-9-8(4-7)13(12(18)16-9)5-10(11(14)17)15-6-13/h2-4,10,15H,5-6H2,1H3,(H2,14,17)(H,16,18). The van der Waals surface area contributed by atoms with Gasteiger partial charge in [0.1, 0.15) is 0 Å². The summed E-state index contributed by atoms with van der Waals surface area (Å²) >= 11 is 0. The van der Waals surface area contributed by atoms with Crippen LogP contribution in [0.3, 0.4) is 0 Å². The highest BCUT2D eigenvalue weighted by Crippen LogP contribution is 2.44. The fourth-order valence-corrected chi connectivity index (χ4v) is 3.64. The number of nitrogens with two attached hydrogens (primary N) is 1. The van der Waals surface area contributed by atoms with Gasteiger partial charge in [0, 0.05) is 18.5 Å². The van der Waals surface area contributed by atoms with Gasteiger partial charge in [-0.05, 0) is 30.2 Å². The molecule has 7 nitrogen and oxygen atoms in total. The molecule has 4 N–H and O–H groups in total. The van der Waals surface area contributed by atoms with E-state index < -0.39 is 27.2 Å². The van der Waals surface area contributed by atoms with Crippen LogP contribution in [0.2, 0.25) is 0 Å². The van der Waals surface area contributed by atoms with Crippen LogP contribution in [-0.4, -0.2) is 39.1 Å². The van der Waals surface area contributed by atoms with Gasteiger partial charge in [-0.25, -0.2) is 8.42 Å². The number of nitrogens with one attached hydrogen (secondary N) is 2. The first-order valence-corrected chi connectivity index (χ1v) is 8.32. The molecule has 1 aromatic rings. The van der Waals surface area contributed by atoms with Gasteiger partial charge < -0.3 is 16.4 Å². The third-order valence-electron chi connectivity index (χ3n) is 4.16. The molecule has 2 unspecified atom stereocenters. The van der Waals surface area contributed by atoms with Gasteiger partial charge in [0.15, 0.2) is 9.84 Å². The van der Waals surface area contributed by atoms with Crippen molar-refractivity contribution in [2.24, 2.45) is 5.73 Å². The number of hydrogen-bond acceptors (Lipinski definition) is 5. The Kier molecular flexibility index (Phi) is 2.86. The van der Waals surface area contributed by atoms with Crippen LogP contribution in [0.5, 0.6) is 0 Å². The third kappa shape index (κ3) is 2.02. The maximum absolute atomic E-state index is 12.3. The van der Waals surface area contributed by atoms with E-state index in [0.717, 1.165) is 6.26 Å². The maximum atomic E-state index is 12.3. The first kappa shape index (κ1) is 14.0. The van der Waals surface area contributed by atoms with Crippen molar-refractivity contribution in [3.05, 3.63) is 23.8 Å². The van der Waals surface area contributed by atoms with Gasteiger partial charge in [-0.1, -0.05) is 0 Å². The number of carbonyl (C=O) groups is 2. The highest BCUT2D eigenvalue weighted by molar-refractivity contribution is 7.90. The van der Waals surface area contributed by atoms with Crippen LogP contribution in [0.25, 0.3) is 0 Å². The van der Waals surface area contributed by atoms with E-state index in [1.165, 1.54) is 12.1 Å². The van der Waals surface area contributed by atoms with Crippen molar-refractivity contribution in [1.29, 1.82) is 0 Å². The van der Waals surface area contributed by atoms with Crippen molar-refractivity contribution in [3.8, 4) is 0 Å². The number of sulfone groups is 1. The van der Waals surface area contributed by atoms with Gasteiger partial charge in [0.2, 0.25) is 11.8 Å². The summed E-state index contributed by atoms with van der Waals surface area (Å²) in [4.78, 5) is 23.8. The van der Waals surface area contributed by atoms with Crippen LogP contribution in [0.4, 0.5) is 5.69 Å². The molecule has 0 aromatic heterocycles. The lowest BCUT2D eigenvalue weighted by Crippen LogP contribution is -2.36. The fraction of sp³-hybridized carbons (Fsp3) is 0.385. The Balaban J connectivity index is 2.11. The highest BCUT2D eigenvalue weighted by Gasteiger charge is 2.52. The van der Waals surface area contributed by atoms with E-state index in [4.69, 9.17) is 5.73 Å². The summed E-state index contributed by atoms with van der Waals surface area (Å²) in [7, 11) is -3.37. The van der Waals surface area contributed by atoms with Crippen LogP contribution in [0.1, 0.15) is 12.0 Å². The molecule has 8 heteroatoms. The Labute approximate surface area is 121 Å². The summed E-state index contributed by atoms with van der Waals surface area (Å²) in [6.07, 6.45) is 1.35. The average molecular weight is 309 g/mol. The number of anilines is 1. The van der Waals surface area contributed by atoms with Crippen LogP contribution in [0, 0.1) is 0 Å². The molecule has 2 aliphatic heterocycles. The van der Waals surface area contributed by atoms with E-state index in [2.05, 4.69) is 10.6 Å². The van der Waals surface area contributed by atoms with Crippen molar-refractivity contribution in [2.75, 3.05) is 18.1 Å². The number of primary amides is 1. The summed E-state index contributed by atoms with van der Waals surface area (Å²) in [5.41, 5.74) is 5.54. The minimum Gasteiger partial charge on any atom is -0.368 e. The van der Waals surface area contributed by atoms with Gasteiger partial charge in [0.05, 0.1) is 16.4 Å². The molecular formula is C13H15N3O4S. The van der Waals surface area contributed by atoms with E-state index in [1.54, 1.807) is 6.07 Å². The van der Waals surface area contributed by atoms with E-state index in [0.29, 0.717) is 11.3 Å². The van der Waals surface area contributed by atoms with Crippen LogP contribution >= 0.6 is 0 Å². The molecule has 2 amide bonds. The number of hydrogen-bond donors (Lipinski definition) is 3. The van der Waals surface area contributed by atoms with Crippen molar-refractivity contribution in [1.82, 2.24) is 5.32 Å². The Morgan fingerprint density at radius 3 is 2.71 bits per heavy atom. The number of rotatable bonds is 2. The van der Waals surface area contributed by atoms with Crippen LogP contribution in [0.15, 0.2) is 23.1 Å². The smallest absolute Gasteiger partial charge is 0.236 e. The van der Waals surface area contributed by atoms with Crippen molar-refractivity contribution < 1.29 is 18.0 Å². The molecule has 0 aliphatic carbocycles. The minimum atomic E-state index is -3.37. The molecular weight excluding hydrogens is 294 g/mol. The molecule has 2 heterocycles. The van der Waals surface area contributed by atoms with Crippen LogP contribution < -0.4 is 16.4 Å². The van der Waals surface area contributed by atoms with E-state index in [1.807, 2.05) is 0 Å². The molecule has 2 aliphatic rings. The minimum absolute atomic E-state index is 0.152. The quantitative estimate of drug-likeness (QED) is 0.656. The van der Waals surface area contributed by atoms with Gasteiger partial charge >= 0.3 is 0 Å². The lowest BCUT2D eigenvalue weighted by atomic mass is 9.79. The highest BCUT2D eigenvalue weighted by atomic mass is 32.2. The normalized spacial score (nSPS) is 27.7. The first-order chi connectivity index (χ1) is 9.74. The summed E-state index contributed by atoms with van der Waals surface area (Å²) in [5, 5.41) is 5.68. The molecule has 3 rings (SSSR count). The molecule has 2 atom stereocenters. The Bertz CT molecular complexity index is 759. The fourth-order valence-electron chi connectivity index (χ4n) is 2.99. The van der Waals surface area contributed by atoms with Crippen molar-refractivity contribution in [3.63, 3.8) is 0 Å². The zero-order valence-electron chi connectivity index (χ0n) is 11.3. The molecule has 112 valence electrons. The number of benzene rings is 1. The largest absolute Gasteiger partial charge is 0.368 e. The molecule has 1 spiro atoms. The SMILES string of the molecule is CS(=O)(=O)c1ccc2c(c1)C1(CNC(C(N)=O)C1)C(=O)N2. The molecule has 1 fully saturated rings. The Morgan fingerprint density at radius 2 is 2.14 bits per heavy atom. The van der Waals surface area contributed by atoms with Gasteiger partial charge in [-0.2, -0.15) is 0 Å². The third-order valence-corrected chi connectivity index (χ3v) is 5.27. The summed E-state index contributed by atoms with van der Waals surface area (Å²) in [6, 6.07) is 3.95. The molecule has 1 aromatic carbocycles. The average Bonchev–Trinajstić information content (AvgIpc) is 2.94. The van der Waals surface area contributed by atoms with Crippen LogP contribution in [-0.2, 0) is 24.8 Å². The Hall–Kier alpha value is -1.93. The molecule has 0 bridgehead atoms. The van der Waals surface area contributed by atoms with E-state index in [-0.39, 0.29) is 23.8 Å². The Morgan fingerprint density at radius 1 is 1.43 bits per heavy atom. The predicted molar refractivity (Wildman–Crippen MR) is 75.5 cm³/mol. The van der Waals surface area contributed by atoms with E-state index >= 15 is 0 Å². The first-order valence-electron chi connectivity index (χ1n) is 6.43. The summed E-state index contributed by atoms with van der Waals surface area (Å²) in [5.74, 6) is -0.758. The summed E-state index contributed by atoms with van der Waals surface area (Å²) in [6.45, 7) is 0.257. The molecule has 0 radical (unpaired) electrons. The zero-order valence-corrected chi connectivity index (χ0v) is 12.2. The number of fused-ring (bicyclic) bond motifs is 2. The zero-order chi connectivity index (χ0) is 15.4. The van der Waals surface area contributed by atoms with Crippen molar-refractivity contribution >= 4 is 27.3 Å². The second-order valence-electron chi connectivity index (χ2n) is 5.56. The van der Waals surface area contributed by atoms with Gasteiger partial charge in [-0.3, -0.25) is 9.59 Å². The predicted octanol–water partition coefficient (Wildman–Crippen LogP) is -0.873. The van der Waals surface area contributed by atoms with Gasteiger partial charge in [-0.15, -0.1) is 0 Å².